The molecular weight excluding hydrogens is 254 g/mol. The minimum absolute atomic E-state index is 0.0357. The number of aliphatic hydroxyl groups is 1. The lowest BCUT2D eigenvalue weighted by Crippen LogP contribution is -2.47. The molecule has 0 spiro atoms. The third-order valence-corrected chi connectivity index (χ3v) is 4.05. The van der Waals surface area contributed by atoms with E-state index in [-0.39, 0.29) is 18.4 Å². The first-order valence-electron chi connectivity index (χ1n) is 7.29. The quantitative estimate of drug-likeness (QED) is 0.863. The molecule has 20 heavy (non-hydrogen) atoms. The van der Waals surface area contributed by atoms with Crippen LogP contribution in [0.3, 0.4) is 0 Å². The lowest BCUT2D eigenvalue weighted by molar-refractivity contribution is -0.124. The summed E-state index contributed by atoms with van der Waals surface area (Å²) in [6.45, 7) is 3.41. The van der Waals surface area contributed by atoms with Gasteiger partial charge < -0.3 is 15.2 Å². The molecule has 1 aromatic rings. The van der Waals surface area contributed by atoms with E-state index in [1.165, 1.54) is 0 Å². The van der Waals surface area contributed by atoms with Gasteiger partial charge in [-0.3, -0.25) is 4.79 Å². The zero-order valence-corrected chi connectivity index (χ0v) is 12.0. The van der Waals surface area contributed by atoms with Crippen molar-refractivity contribution in [2.45, 2.75) is 31.8 Å². The topological polar surface area (TPSA) is 58.6 Å². The molecule has 0 bridgehead atoms. The summed E-state index contributed by atoms with van der Waals surface area (Å²) >= 11 is 0. The molecule has 1 aromatic carbocycles. The van der Waals surface area contributed by atoms with Gasteiger partial charge in [0, 0.05) is 19.6 Å². The third kappa shape index (κ3) is 3.38. The van der Waals surface area contributed by atoms with Crippen LogP contribution in [-0.4, -0.2) is 30.8 Å². The fourth-order valence-electron chi connectivity index (χ4n) is 2.74. The highest BCUT2D eigenvalue weighted by Gasteiger charge is 2.39. The molecule has 1 amide bonds. The molecule has 2 rings (SSSR count). The van der Waals surface area contributed by atoms with Crippen molar-refractivity contribution >= 4 is 5.91 Å². The summed E-state index contributed by atoms with van der Waals surface area (Å²) in [5.41, 5.74) is -0.154. The summed E-state index contributed by atoms with van der Waals surface area (Å²) < 4.78 is 5.38. The molecule has 1 saturated heterocycles. The number of carbonyl (C=O) groups excluding carboxylic acids is 1. The average Bonchev–Trinajstić information content (AvgIpc) is 2.54. The van der Waals surface area contributed by atoms with Crippen molar-refractivity contribution < 1.29 is 14.6 Å². The van der Waals surface area contributed by atoms with Gasteiger partial charge in [0.05, 0.1) is 6.54 Å². The van der Waals surface area contributed by atoms with Crippen LogP contribution in [0.5, 0.6) is 0 Å². The van der Waals surface area contributed by atoms with Crippen molar-refractivity contribution in [3.8, 4) is 0 Å². The molecule has 0 aromatic heterocycles. The van der Waals surface area contributed by atoms with Crippen molar-refractivity contribution in [3.63, 3.8) is 0 Å². The first-order valence-corrected chi connectivity index (χ1v) is 7.29. The maximum absolute atomic E-state index is 11.5. The Kier molecular flexibility index (Phi) is 5.15. The van der Waals surface area contributed by atoms with E-state index in [1.54, 1.807) is 0 Å². The Morgan fingerprint density at radius 1 is 1.35 bits per heavy atom. The van der Waals surface area contributed by atoms with Crippen molar-refractivity contribution in [3.05, 3.63) is 35.9 Å². The van der Waals surface area contributed by atoms with E-state index in [9.17, 15) is 9.90 Å². The predicted molar refractivity (Wildman–Crippen MR) is 77.2 cm³/mol. The number of ether oxygens (including phenoxy) is 1. The van der Waals surface area contributed by atoms with Gasteiger partial charge in [-0.15, -0.1) is 0 Å². The van der Waals surface area contributed by atoms with Gasteiger partial charge in [0.15, 0.2) is 0 Å². The van der Waals surface area contributed by atoms with Gasteiger partial charge in [-0.25, -0.2) is 0 Å². The van der Waals surface area contributed by atoms with Gasteiger partial charge in [0.1, 0.15) is 5.60 Å². The summed E-state index contributed by atoms with van der Waals surface area (Å²) in [6.07, 6.45) is 2.05. The van der Waals surface area contributed by atoms with Crippen LogP contribution in [0.1, 0.15) is 31.7 Å². The molecule has 0 saturated carbocycles. The number of hydrogen-bond donors (Lipinski definition) is 2. The SMILES string of the molecule is CCC(=O)NC[C@@](O)(c1ccccc1)C1CCOCC1. The number of nitrogens with one attached hydrogen (secondary N) is 1. The van der Waals surface area contributed by atoms with Crippen LogP contribution in [-0.2, 0) is 15.1 Å². The van der Waals surface area contributed by atoms with Crippen LogP contribution in [0.15, 0.2) is 30.3 Å². The maximum atomic E-state index is 11.5. The molecule has 4 heteroatoms. The summed E-state index contributed by atoms with van der Waals surface area (Å²) in [7, 11) is 0. The van der Waals surface area contributed by atoms with Crippen molar-refractivity contribution in [2.24, 2.45) is 5.92 Å². The van der Waals surface area contributed by atoms with E-state index in [4.69, 9.17) is 4.74 Å². The second-order valence-corrected chi connectivity index (χ2v) is 5.31. The van der Waals surface area contributed by atoms with Crippen LogP contribution in [0.25, 0.3) is 0 Å². The van der Waals surface area contributed by atoms with Gasteiger partial charge in [0.25, 0.3) is 0 Å². The molecule has 1 aliphatic rings. The highest BCUT2D eigenvalue weighted by atomic mass is 16.5. The number of rotatable bonds is 5. The second kappa shape index (κ2) is 6.86. The highest BCUT2D eigenvalue weighted by Crippen LogP contribution is 2.35. The Hall–Kier alpha value is -1.39. The average molecular weight is 277 g/mol. The van der Waals surface area contributed by atoms with Crippen LogP contribution in [0, 0.1) is 5.92 Å². The number of carbonyl (C=O) groups is 1. The van der Waals surface area contributed by atoms with Gasteiger partial charge in [0.2, 0.25) is 5.91 Å². The Balaban J connectivity index is 2.20. The maximum Gasteiger partial charge on any atom is 0.219 e. The first-order chi connectivity index (χ1) is 9.66. The molecular formula is C16H23NO3. The zero-order chi connectivity index (χ0) is 14.4. The summed E-state index contributed by atoms with van der Waals surface area (Å²) in [5.74, 6) is 0.0715. The van der Waals surface area contributed by atoms with Gasteiger partial charge in [-0.2, -0.15) is 0 Å². The van der Waals surface area contributed by atoms with Crippen LogP contribution in [0.2, 0.25) is 0 Å². The monoisotopic (exact) mass is 277 g/mol. The lowest BCUT2D eigenvalue weighted by atomic mass is 9.77. The largest absolute Gasteiger partial charge is 0.383 e. The molecule has 2 N–H and O–H groups in total. The van der Waals surface area contributed by atoms with Gasteiger partial charge in [-0.1, -0.05) is 37.3 Å². The lowest BCUT2D eigenvalue weighted by Gasteiger charge is -2.39. The summed E-state index contributed by atoms with van der Waals surface area (Å²) in [6, 6.07) is 9.61. The fourth-order valence-corrected chi connectivity index (χ4v) is 2.74. The summed E-state index contributed by atoms with van der Waals surface area (Å²) in [4.78, 5) is 11.5. The third-order valence-electron chi connectivity index (χ3n) is 4.05. The van der Waals surface area contributed by atoms with Crippen molar-refractivity contribution in [2.75, 3.05) is 19.8 Å². The zero-order valence-electron chi connectivity index (χ0n) is 12.0. The molecule has 110 valence electrons. The minimum atomic E-state index is -1.02. The Morgan fingerprint density at radius 3 is 2.60 bits per heavy atom. The second-order valence-electron chi connectivity index (χ2n) is 5.31. The molecule has 4 nitrogen and oxygen atoms in total. The van der Waals surface area contributed by atoms with Crippen molar-refractivity contribution in [1.82, 2.24) is 5.32 Å². The van der Waals surface area contributed by atoms with Crippen LogP contribution >= 0.6 is 0 Å². The van der Waals surface area contributed by atoms with E-state index >= 15 is 0 Å². The van der Waals surface area contributed by atoms with E-state index in [1.807, 2.05) is 37.3 Å². The minimum Gasteiger partial charge on any atom is -0.383 e. The number of benzene rings is 1. The molecule has 0 radical (unpaired) electrons. The molecule has 1 heterocycles. The molecule has 1 aliphatic heterocycles. The smallest absolute Gasteiger partial charge is 0.219 e. The molecule has 0 aliphatic carbocycles. The van der Waals surface area contributed by atoms with E-state index in [0.29, 0.717) is 19.6 Å². The van der Waals surface area contributed by atoms with E-state index < -0.39 is 5.60 Å². The fraction of sp³-hybridized carbons (Fsp3) is 0.562. The first kappa shape index (κ1) is 15.0. The predicted octanol–water partition coefficient (Wildman–Crippen LogP) is 1.83. The highest BCUT2D eigenvalue weighted by molar-refractivity contribution is 5.75. The summed E-state index contributed by atoms with van der Waals surface area (Å²) in [5, 5.41) is 14.0. The Morgan fingerprint density at radius 2 is 2.00 bits per heavy atom. The van der Waals surface area contributed by atoms with E-state index in [2.05, 4.69) is 5.32 Å². The Labute approximate surface area is 120 Å². The molecule has 1 atom stereocenters. The number of hydrogen-bond acceptors (Lipinski definition) is 3. The van der Waals surface area contributed by atoms with Crippen LogP contribution < -0.4 is 5.32 Å². The normalized spacial score (nSPS) is 19.3. The van der Waals surface area contributed by atoms with E-state index in [0.717, 1.165) is 18.4 Å². The standard InChI is InChI=1S/C16H23NO3/c1-2-15(18)17-12-16(19,13-6-4-3-5-7-13)14-8-10-20-11-9-14/h3-7,14,19H,2,8-12H2,1H3,(H,17,18)/t16-/m1/s1. The Bertz CT molecular complexity index is 429. The van der Waals surface area contributed by atoms with Crippen LogP contribution in [0.4, 0.5) is 0 Å². The molecule has 1 fully saturated rings. The molecule has 0 unspecified atom stereocenters. The van der Waals surface area contributed by atoms with Gasteiger partial charge >= 0.3 is 0 Å². The van der Waals surface area contributed by atoms with Crippen molar-refractivity contribution in [1.29, 1.82) is 0 Å². The van der Waals surface area contributed by atoms with Gasteiger partial charge in [-0.05, 0) is 24.3 Å². The number of amides is 1.